The van der Waals surface area contributed by atoms with E-state index < -0.39 is 23.9 Å². The number of rotatable bonds is 7. The van der Waals surface area contributed by atoms with Crippen LogP contribution in [0.15, 0.2) is 54.7 Å². The van der Waals surface area contributed by atoms with Crippen LogP contribution in [0.3, 0.4) is 0 Å². The Bertz CT molecular complexity index is 1610. The number of benzene rings is 2. The Balaban J connectivity index is 1.07. The molecule has 2 atom stereocenters. The lowest BCUT2D eigenvalue weighted by Gasteiger charge is -2.35. The Morgan fingerprint density at radius 3 is 2.63 bits per heavy atom. The fourth-order valence-corrected chi connectivity index (χ4v) is 6.10. The van der Waals surface area contributed by atoms with E-state index in [9.17, 15) is 19.5 Å². The predicted octanol–water partition coefficient (Wildman–Crippen LogP) is 3.38. The topological polar surface area (TPSA) is 136 Å². The molecule has 4 heterocycles. The number of anilines is 1. The number of hydrogen-bond donors (Lipinski definition) is 2. The van der Waals surface area contributed by atoms with E-state index >= 15 is 4.39 Å². The number of carbonyl (C=O) groups is 3. The zero-order valence-electron chi connectivity index (χ0n) is 23.3. The van der Waals surface area contributed by atoms with E-state index in [4.69, 9.17) is 10.00 Å². The van der Waals surface area contributed by atoms with Gasteiger partial charge in [-0.25, -0.2) is 9.37 Å². The number of amides is 3. The second kappa shape index (κ2) is 11.8. The highest BCUT2D eigenvalue weighted by Gasteiger charge is 2.40. The summed E-state index contributed by atoms with van der Waals surface area (Å²) in [6.07, 6.45) is 2.74. The number of hydrogen-bond acceptors (Lipinski definition) is 8. The summed E-state index contributed by atoms with van der Waals surface area (Å²) in [5.41, 5.74) is 3.15. The number of carbonyl (C=O) groups excluding carboxylic acids is 3. The first kappa shape index (κ1) is 28.3. The van der Waals surface area contributed by atoms with Gasteiger partial charge >= 0.3 is 0 Å². The van der Waals surface area contributed by atoms with Crippen LogP contribution in [0.2, 0.25) is 0 Å². The fraction of sp³-hybridized carbons (Fsp3) is 0.344. The number of aliphatic hydroxyl groups excluding tert-OH is 1. The standard InChI is InChI=1S/C32H30FN5O5/c33-26-14-20(30(40)19-10-12-37(13-11-19)23-7-6-22(15-34)35-16-23)4-5-21(26)18-43-28-3-1-2-24-25(28)17-38(32(24)42)27-8-9-29(39)36-31(27)41/h1-7,14,16,19,27,30,40H,8-13,17-18H2,(H,36,39,41)/t27-,30?/m0/s1. The highest BCUT2D eigenvalue weighted by molar-refractivity contribution is 6.05. The average molecular weight is 584 g/mol. The molecule has 0 radical (unpaired) electrons. The van der Waals surface area contributed by atoms with Crippen LogP contribution in [0, 0.1) is 23.1 Å². The van der Waals surface area contributed by atoms with Crippen molar-refractivity contribution in [2.75, 3.05) is 18.0 Å². The summed E-state index contributed by atoms with van der Waals surface area (Å²) in [6.45, 7) is 1.51. The molecule has 0 bridgehead atoms. The lowest BCUT2D eigenvalue weighted by atomic mass is 9.87. The lowest BCUT2D eigenvalue weighted by Crippen LogP contribution is -2.52. The number of piperidine rings is 2. The molecule has 0 aliphatic carbocycles. The summed E-state index contributed by atoms with van der Waals surface area (Å²) in [5.74, 6) is -1.24. The number of ether oxygens (including phenoxy) is 1. The number of pyridine rings is 1. The number of aliphatic hydroxyl groups is 1. The third kappa shape index (κ3) is 5.66. The van der Waals surface area contributed by atoms with E-state index in [0.717, 1.165) is 18.5 Å². The molecule has 1 unspecified atom stereocenters. The summed E-state index contributed by atoms with van der Waals surface area (Å²) in [5, 5.41) is 22.3. The van der Waals surface area contributed by atoms with Gasteiger partial charge in [0.25, 0.3) is 5.91 Å². The van der Waals surface area contributed by atoms with E-state index in [-0.39, 0.29) is 43.7 Å². The summed E-state index contributed by atoms with van der Waals surface area (Å²) in [6, 6.07) is 14.6. The molecule has 2 fully saturated rings. The first-order valence-electron chi connectivity index (χ1n) is 14.3. The van der Waals surface area contributed by atoms with Crippen LogP contribution >= 0.6 is 0 Å². The van der Waals surface area contributed by atoms with Crippen molar-refractivity contribution in [2.45, 2.75) is 51.0 Å². The molecule has 6 rings (SSSR count). The minimum atomic E-state index is -0.813. The Morgan fingerprint density at radius 1 is 1.12 bits per heavy atom. The van der Waals surface area contributed by atoms with E-state index in [1.165, 1.54) is 11.0 Å². The molecule has 0 spiro atoms. The monoisotopic (exact) mass is 583 g/mol. The molecule has 220 valence electrons. The maximum Gasteiger partial charge on any atom is 0.255 e. The molecule has 11 heteroatoms. The van der Waals surface area contributed by atoms with Crippen LogP contribution in [0.25, 0.3) is 0 Å². The minimum Gasteiger partial charge on any atom is -0.488 e. The summed E-state index contributed by atoms with van der Waals surface area (Å²) in [7, 11) is 0. The van der Waals surface area contributed by atoms with Gasteiger partial charge in [-0.2, -0.15) is 5.26 Å². The quantitative estimate of drug-likeness (QED) is 0.404. The number of aromatic nitrogens is 1. The van der Waals surface area contributed by atoms with Crippen LogP contribution in [-0.4, -0.2) is 51.8 Å². The Kier molecular flexibility index (Phi) is 7.78. The Labute approximate surface area is 247 Å². The molecule has 43 heavy (non-hydrogen) atoms. The van der Waals surface area contributed by atoms with Gasteiger partial charge in [0.1, 0.15) is 36.0 Å². The SMILES string of the molecule is N#Cc1ccc(N2CCC(C(O)c3ccc(COc4cccc5c4CN([C@H]4CCC(=O)NC4=O)C5=O)c(F)c3)CC2)cn1. The Morgan fingerprint density at radius 2 is 1.93 bits per heavy atom. The minimum absolute atomic E-state index is 0.0270. The van der Waals surface area contributed by atoms with Crippen molar-refractivity contribution < 1.29 is 28.6 Å². The van der Waals surface area contributed by atoms with Crippen molar-refractivity contribution in [3.8, 4) is 11.8 Å². The van der Waals surface area contributed by atoms with E-state index in [1.54, 1.807) is 42.6 Å². The van der Waals surface area contributed by atoms with E-state index in [2.05, 4.69) is 15.2 Å². The van der Waals surface area contributed by atoms with E-state index in [0.29, 0.717) is 46.8 Å². The molecule has 3 aliphatic heterocycles. The van der Waals surface area contributed by atoms with Gasteiger partial charge < -0.3 is 19.6 Å². The van der Waals surface area contributed by atoms with Crippen molar-refractivity contribution >= 4 is 23.4 Å². The summed E-state index contributed by atoms with van der Waals surface area (Å²) >= 11 is 0. The molecule has 1 aromatic heterocycles. The highest BCUT2D eigenvalue weighted by atomic mass is 19.1. The van der Waals surface area contributed by atoms with Crippen LogP contribution in [0.4, 0.5) is 10.1 Å². The maximum atomic E-state index is 15.2. The van der Waals surface area contributed by atoms with Crippen LogP contribution in [0.5, 0.6) is 5.75 Å². The van der Waals surface area contributed by atoms with Gasteiger partial charge in [-0.1, -0.05) is 18.2 Å². The number of nitrogens with one attached hydrogen (secondary N) is 1. The molecule has 0 saturated carbocycles. The Hall–Kier alpha value is -4.82. The normalized spacial score (nSPS) is 19.6. The number of imide groups is 1. The van der Waals surface area contributed by atoms with Crippen molar-refractivity contribution in [1.82, 2.24) is 15.2 Å². The number of halogens is 1. The van der Waals surface area contributed by atoms with Gasteiger partial charge in [0.15, 0.2) is 0 Å². The third-order valence-electron chi connectivity index (χ3n) is 8.55. The van der Waals surface area contributed by atoms with Gasteiger partial charge in [-0.15, -0.1) is 0 Å². The first-order valence-corrected chi connectivity index (χ1v) is 14.3. The zero-order valence-corrected chi connectivity index (χ0v) is 23.3. The van der Waals surface area contributed by atoms with Gasteiger partial charge in [0.05, 0.1) is 24.5 Å². The van der Waals surface area contributed by atoms with Crippen molar-refractivity contribution in [2.24, 2.45) is 5.92 Å². The van der Waals surface area contributed by atoms with Gasteiger partial charge in [0.2, 0.25) is 11.8 Å². The molecule has 10 nitrogen and oxygen atoms in total. The zero-order chi connectivity index (χ0) is 30.1. The third-order valence-corrected chi connectivity index (χ3v) is 8.55. The van der Waals surface area contributed by atoms with Crippen molar-refractivity contribution in [3.63, 3.8) is 0 Å². The van der Waals surface area contributed by atoms with Crippen LogP contribution in [-0.2, 0) is 22.7 Å². The van der Waals surface area contributed by atoms with Crippen LogP contribution in [0.1, 0.15) is 64.5 Å². The second-order valence-corrected chi connectivity index (χ2v) is 11.1. The number of nitrogens with zero attached hydrogens (tertiary/aromatic N) is 4. The summed E-state index contributed by atoms with van der Waals surface area (Å²) < 4.78 is 21.1. The second-order valence-electron chi connectivity index (χ2n) is 11.1. The maximum absolute atomic E-state index is 15.2. The lowest BCUT2D eigenvalue weighted by molar-refractivity contribution is -0.136. The predicted molar refractivity (Wildman–Crippen MR) is 152 cm³/mol. The first-order chi connectivity index (χ1) is 20.8. The average Bonchev–Trinajstić information content (AvgIpc) is 3.36. The van der Waals surface area contributed by atoms with Crippen molar-refractivity contribution in [1.29, 1.82) is 5.26 Å². The molecule has 3 amide bonds. The van der Waals surface area contributed by atoms with Gasteiger partial charge in [-0.3, -0.25) is 19.7 Å². The highest BCUT2D eigenvalue weighted by Crippen LogP contribution is 2.35. The van der Waals surface area contributed by atoms with E-state index in [1.807, 2.05) is 12.1 Å². The molecular weight excluding hydrogens is 553 g/mol. The molecule has 2 saturated heterocycles. The largest absolute Gasteiger partial charge is 0.488 e. The number of nitriles is 1. The van der Waals surface area contributed by atoms with Gasteiger partial charge in [0, 0.05) is 36.2 Å². The van der Waals surface area contributed by atoms with Crippen LogP contribution < -0.4 is 15.0 Å². The molecular formula is C32H30FN5O5. The van der Waals surface area contributed by atoms with Gasteiger partial charge in [-0.05, 0) is 61.1 Å². The summed E-state index contributed by atoms with van der Waals surface area (Å²) in [4.78, 5) is 44.7. The molecule has 2 N–H and O–H groups in total. The molecule has 2 aromatic carbocycles. The molecule has 3 aromatic rings. The number of fused-ring (bicyclic) bond motifs is 1. The smallest absolute Gasteiger partial charge is 0.255 e. The van der Waals surface area contributed by atoms with Crippen molar-refractivity contribution in [3.05, 3.63) is 88.5 Å². The molecule has 3 aliphatic rings. The fourth-order valence-electron chi connectivity index (χ4n) is 6.10.